The molecule has 2 atom stereocenters. The molecule has 3 heterocycles. The first-order valence-electron chi connectivity index (χ1n) is 10.8. The van der Waals surface area contributed by atoms with Gasteiger partial charge in [0, 0.05) is 38.1 Å². The molecular weight excluding hydrogens is 378 g/mol. The van der Waals surface area contributed by atoms with Crippen LogP contribution in [0.5, 0.6) is 11.5 Å². The van der Waals surface area contributed by atoms with Crippen LogP contribution in [-0.4, -0.2) is 60.6 Å². The Morgan fingerprint density at radius 1 is 1.10 bits per heavy atom. The number of fused-ring (bicyclic) bond motifs is 1. The highest BCUT2D eigenvalue weighted by Crippen LogP contribution is 2.32. The van der Waals surface area contributed by atoms with E-state index in [9.17, 15) is 4.79 Å². The van der Waals surface area contributed by atoms with Crippen LogP contribution in [0.1, 0.15) is 30.4 Å². The van der Waals surface area contributed by atoms with Gasteiger partial charge in [-0.2, -0.15) is 0 Å². The maximum atomic E-state index is 13.1. The lowest BCUT2D eigenvalue weighted by Gasteiger charge is -2.30. The lowest BCUT2D eigenvalue weighted by atomic mass is 9.98. The number of carbonyl (C=O) groups is 1. The van der Waals surface area contributed by atoms with Gasteiger partial charge in [-0.25, -0.2) is 0 Å². The average molecular weight is 410 g/mol. The molecule has 1 aromatic carbocycles. The summed E-state index contributed by atoms with van der Waals surface area (Å²) in [5.74, 6) is 2.09. The van der Waals surface area contributed by atoms with Crippen LogP contribution >= 0.6 is 0 Å². The minimum atomic E-state index is 0.191. The number of benzene rings is 1. The second-order valence-corrected chi connectivity index (χ2v) is 8.32. The Hall–Kier alpha value is -2.60. The number of hydrogen-bond acceptors (Lipinski definition) is 5. The number of hydrogen-bond donors (Lipinski definition) is 0. The van der Waals surface area contributed by atoms with Crippen molar-refractivity contribution in [2.24, 2.45) is 5.92 Å². The standard InChI is InChI=1S/C24H31N3O3/c1-29-22-9-8-18(12-23(22)30-2)13-24(28)27-16-20-7-3-4-11-26(21(20)17-27)15-19-6-5-10-25-14-19/h5-6,8-10,12,14,20-21H,3-4,7,11,13,15-17H2,1-2H3/t20-,21+/m0/s1. The normalized spacial score (nSPS) is 21.7. The molecular formula is C24H31N3O3. The van der Waals surface area contributed by atoms with Crippen LogP contribution in [0.2, 0.25) is 0 Å². The number of likely N-dealkylation sites (tertiary alicyclic amines) is 2. The Kier molecular flexibility index (Phi) is 6.53. The van der Waals surface area contributed by atoms with E-state index in [1.165, 1.54) is 24.8 Å². The van der Waals surface area contributed by atoms with Crippen LogP contribution in [-0.2, 0) is 17.8 Å². The van der Waals surface area contributed by atoms with Gasteiger partial charge in [0.1, 0.15) is 0 Å². The van der Waals surface area contributed by atoms with Crippen LogP contribution in [0, 0.1) is 5.92 Å². The maximum Gasteiger partial charge on any atom is 0.227 e. The molecule has 1 amide bonds. The first kappa shape index (κ1) is 20.7. The Balaban J connectivity index is 1.43. The molecule has 160 valence electrons. The van der Waals surface area contributed by atoms with Crippen LogP contribution in [0.4, 0.5) is 0 Å². The van der Waals surface area contributed by atoms with E-state index >= 15 is 0 Å². The van der Waals surface area contributed by atoms with Crippen molar-refractivity contribution in [2.75, 3.05) is 33.9 Å². The summed E-state index contributed by atoms with van der Waals surface area (Å²) >= 11 is 0. The van der Waals surface area contributed by atoms with Crippen LogP contribution < -0.4 is 9.47 Å². The summed E-state index contributed by atoms with van der Waals surface area (Å²) in [6.07, 6.45) is 7.83. The molecule has 0 spiro atoms. The lowest BCUT2D eigenvalue weighted by molar-refractivity contribution is -0.129. The van der Waals surface area contributed by atoms with E-state index in [4.69, 9.17) is 9.47 Å². The topological polar surface area (TPSA) is 54.9 Å². The van der Waals surface area contributed by atoms with Gasteiger partial charge in [-0.15, -0.1) is 0 Å². The summed E-state index contributed by atoms with van der Waals surface area (Å²) in [5.41, 5.74) is 2.20. The van der Waals surface area contributed by atoms with E-state index in [0.29, 0.717) is 29.9 Å². The van der Waals surface area contributed by atoms with Crippen LogP contribution in [0.25, 0.3) is 0 Å². The van der Waals surface area contributed by atoms with E-state index in [1.807, 2.05) is 36.7 Å². The molecule has 6 heteroatoms. The van der Waals surface area contributed by atoms with Crippen LogP contribution in [0.3, 0.4) is 0 Å². The highest BCUT2D eigenvalue weighted by molar-refractivity contribution is 5.79. The molecule has 1 aromatic heterocycles. The van der Waals surface area contributed by atoms with Crippen molar-refractivity contribution in [3.05, 3.63) is 53.9 Å². The summed E-state index contributed by atoms with van der Waals surface area (Å²) in [6.45, 7) is 3.68. The SMILES string of the molecule is COc1ccc(CC(=O)N2C[C@@H]3CCCCN(Cc4cccnc4)[C@@H]3C2)cc1OC. The average Bonchev–Trinajstić information content (AvgIpc) is 3.12. The van der Waals surface area contributed by atoms with Gasteiger partial charge in [-0.3, -0.25) is 14.7 Å². The molecule has 2 aromatic rings. The molecule has 0 radical (unpaired) electrons. The van der Waals surface area contributed by atoms with E-state index in [0.717, 1.165) is 31.7 Å². The number of rotatable bonds is 6. The Morgan fingerprint density at radius 2 is 1.97 bits per heavy atom. The summed E-state index contributed by atoms with van der Waals surface area (Å²) in [6, 6.07) is 10.3. The molecule has 2 saturated heterocycles. The van der Waals surface area contributed by atoms with E-state index in [2.05, 4.69) is 20.9 Å². The second-order valence-electron chi connectivity index (χ2n) is 8.32. The van der Waals surface area contributed by atoms with Crippen molar-refractivity contribution < 1.29 is 14.3 Å². The van der Waals surface area contributed by atoms with Crippen molar-refractivity contribution in [1.82, 2.24) is 14.8 Å². The Labute approximate surface area is 178 Å². The Morgan fingerprint density at radius 3 is 2.73 bits per heavy atom. The largest absolute Gasteiger partial charge is 0.493 e. The van der Waals surface area contributed by atoms with E-state index in [-0.39, 0.29) is 5.91 Å². The fraction of sp³-hybridized carbons (Fsp3) is 0.500. The third-order valence-corrected chi connectivity index (χ3v) is 6.41. The van der Waals surface area contributed by atoms with Gasteiger partial charge >= 0.3 is 0 Å². The van der Waals surface area contributed by atoms with Crippen LogP contribution in [0.15, 0.2) is 42.7 Å². The first-order chi connectivity index (χ1) is 14.7. The molecule has 0 unspecified atom stereocenters. The summed E-state index contributed by atoms with van der Waals surface area (Å²) in [5, 5.41) is 0. The monoisotopic (exact) mass is 409 g/mol. The number of carbonyl (C=O) groups excluding carboxylic acids is 1. The third-order valence-electron chi connectivity index (χ3n) is 6.41. The molecule has 0 N–H and O–H groups in total. The summed E-state index contributed by atoms with van der Waals surface area (Å²) in [7, 11) is 3.24. The van der Waals surface area contributed by atoms with Crippen molar-refractivity contribution in [2.45, 2.75) is 38.3 Å². The molecule has 0 bridgehead atoms. The fourth-order valence-corrected chi connectivity index (χ4v) is 4.84. The minimum Gasteiger partial charge on any atom is -0.493 e. The number of pyridine rings is 1. The van der Waals surface area contributed by atoms with Gasteiger partial charge in [0.15, 0.2) is 11.5 Å². The van der Waals surface area contributed by atoms with Gasteiger partial charge < -0.3 is 14.4 Å². The molecule has 2 fully saturated rings. The van der Waals surface area contributed by atoms with Gasteiger partial charge in [-0.1, -0.05) is 18.6 Å². The fourth-order valence-electron chi connectivity index (χ4n) is 4.84. The molecule has 6 nitrogen and oxygen atoms in total. The smallest absolute Gasteiger partial charge is 0.227 e. The predicted molar refractivity (Wildman–Crippen MR) is 116 cm³/mol. The lowest BCUT2D eigenvalue weighted by Crippen LogP contribution is -2.40. The molecule has 2 aliphatic heterocycles. The van der Waals surface area contributed by atoms with Crippen molar-refractivity contribution in [3.8, 4) is 11.5 Å². The number of ether oxygens (including phenoxy) is 2. The highest BCUT2D eigenvalue weighted by atomic mass is 16.5. The minimum absolute atomic E-state index is 0.191. The number of amides is 1. The van der Waals surface area contributed by atoms with E-state index < -0.39 is 0 Å². The molecule has 30 heavy (non-hydrogen) atoms. The first-order valence-corrected chi connectivity index (χ1v) is 10.8. The van der Waals surface area contributed by atoms with E-state index in [1.54, 1.807) is 14.2 Å². The van der Waals surface area contributed by atoms with Crippen molar-refractivity contribution in [1.29, 1.82) is 0 Å². The summed E-state index contributed by atoms with van der Waals surface area (Å²) in [4.78, 5) is 22.0. The van der Waals surface area contributed by atoms with Crippen molar-refractivity contribution >= 4 is 5.91 Å². The Bertz CT molecular complexity index is 858. The molecule has 0 aliphatic carbocycles. The zero-order valence-corrected chi connectivity index (χ0v) is 17.9. The maximum absolute atomic E-state index is 13.1. The molecule has 0 saturated carbocycles. The molecule has 4 rings (SSSR count). The third kappa shape index (κ3) is 4.59. The van der Waals surface area contributed by atoms with Gasteiger partial charge in [-0.05, 0) is 54.6 Å². The number of aromatic nitrogens is 1. The van der Waals surface area contributed by atoms with Gasteiger partial charge in [0.25, 0.3) is 0 Å². The zero-order chi connectivity index (χ0) is 20.9. The second kappa shape index (κ2) is 9.47. The quantitative estimate of drug-likeness (QED) is 0.734. The number of methoxy groups -OCH3 is 2. The highest BCUT2D eigenvalue weighted by Gasteiger charge is 2.39. The summed E-state index contributed by atoms with van der Waals surface area (Å²) < 4.78 is 10.7. The van der Waals surface area contributed by atoms with Gasteiger partial charge in [0.2, 0.25) is 5.91 Å². The van der Waals surface area contributed by atoms with Crippen molar-refractivity contribution in [3.63, 3.8) is 0 Å². The van der Waals surface area contributed by atoms with Gasteiger partial charge in [0.05, 0.1) is 20.6 Å². The molecule has 2 aliphatic rings. The predicted octanol–water partition coefficient (Wildman–Crippen LogP) is 3.15. The zero-order valence-electron chi connectivity index (χ0n) is 17.9. The number of nitrogens with zero attached hydrogens (tertiary/aromatic N) is 3.